The first-order valence-corrected chi connectivity index (χ1v) is 6.06. The van der Waals surface area contributed by atoms with Gasteiger partial charge in [0.1, 0.15) is 11.4 Å². The van der Waals surface area contributed by atoms with Gasteiger partial charge >= 0.3 is 0 Å². The van der Waals surface area contributed by atoms with Crippen LogP contribution in [0.25, 0.3) is 0 Å². The minimum Gasteiger partial charge on any atom is -0.496 e. The van der Waals surface area contributed by atoms with Crippen LogP contribution in [0.15, 0.2) is 30.6 Å². The fraction of sp³-hybridized carbons (Fsp3) is 0.267. The second-order valence-electron chi connectivity index (χ2n) is 4.36. The molecule has 4 nitrogen and oxygen atoms in total. The minimum absolute atomic E-state index is 0.0397. The molecule has 0 aliphatic carbocycles. The van der Waals surface area contributed by atoms with Gasteiger partial charge in [0.25, 0.3) is 0 Å². The van der Waals surface area contributed by atoms with E-state index < -0.39 is 0 Å². The zero-order valence-corrected chi connectivity index (χ0v) is 11.3. The van der Waals surface area contributed by atoms with Gasteiger partial charge in [-0.1, -0.05) is 6.07 Å². The molecule has 0 aromatic carbocycles. The fourth-order valence-electron chi connectivity index (χ4n) is 2.02. The highest BCUT2D eigenvalue weighted by Gasteiger charge is 2.14. The number of aromatic nitrogens is 2. The van der Waals surface area contributed by atoms with Crippen molar-refractivity contribution in [3.63, 3.8) is 0 Å². The molecule has 0 aliphatic heterocycles. The average molecular weight is 256 g/mol. The van der Waals surface area contributed by atoms with Gasteiger partial charge in [-0.25, -0.2) is 0 Å². The quantitative estimate of drug-likeness (QED) is 0.789. The predicted molar refractivity (Wildman–Crippen MR) is 72.5 cm³/mol. The number of ether oxygens (including phenoxy) is 1. The number of carbonyl (C=O) groups is 1. The monoisotopic (exact) mass is 256 g/mol. The van der Waals surface area contributed by atoms with Crippen molar-refractivity contribution in [2.24, 2.45) is 0 Å². The predicted octanol–water partition coefficient (Wildman–Crippen LogP) is 2.53. The number of methoxy groups -OCH3 is 1. The van der Waals surface area contributed by atoms with Crippen molar-refractivity contribution in [2.75, 3.05) is 7.11 Å². The lowest BCUT2D eigenvalue weighted by molar-refractivity contribution is 0.0987. The third-order valence-corrected chi connectivity index (χ3v) is 3.03. The Kier molecular flexibility index (Phi) is 3.90. The van der Waals surface area contributed by atoms with E-state index in [4.69, 9.17) is 4.74 Å². The zero-order valence-electron chi connectivity index (χ0n) is 11.3. The van der Waals surface area contributed by atoms with Crippen LogP contribution in [0, 0.1) is 13.8 Å². The van der Waals surface area contributed by atoms with Crippen molar-refractivity contribution < 1.29 is 9.53 Å². The van der Waals surface area contributed by atoms with Gasteiger partial charge in [-0.2, -0.15) is 0 Å². The molecule has 2 aromatic heterocycles. The third-order valence-electron chi connectivity index (χ3n) is 3.03. The summed E-state index contributed by atoms with van der Waals surface area (Å²) in [4.78, 5) is 20.5. The van der Waals surface area contributed by atoms with E-state index in [1.54, 1.807) is 37.7 Å². The van der Waals surface area contributed by atoms with E-state index in [2.05, 4.69) is 9.97 Å². The SMILES string of the molecule is COc1c(C)cnc(CC(=O)c2ccccn2)c1C. The molecule has 2 rings (SSSR count). The molecule has 0 saturated heterocycles. The van der Waals surface area contributed by atoms with Crippen LogP contribution in [0.2, 0.25) is 0 Å². The van der Waals surface area contributed by atoms with E-state index in [1.807, 2.05) is 13.8 Å². The summed E-state index contributed by atoms with van der Waals surface area (Å²) in [6.45, 7) is 3.85. The van der Waals surface area contributed by atoms with E-state index in [9.17, 15) is 4.79 Å². The van der Waals surface area contributed by atoms with Crippen LogP contribution in [-0.4, -0.2) is 22.9 Å². The number of Topliss-reactive ketones (excluding diaryl/α,β-unsaturated/α-hetero) is 1. The highest BCUT2D eigenvalue weighted by atomic mass is 16.5. The second kappa shape index (κ2) is 5.61. The van der Waals surface area contributed by atoms with Crippen molar-refractivity contribution in [2.45, 2.75) is 20.3 Å². The van der Waals surface area contributed by atoms with Crippen molar-refractivity contribution in [1.82, 2.24) is 9.97 Å². The molecule has 98 valence electrons. The minimum atomic E-state index is -0.0397. The highest BCUT2D eigenvalue weighted by molar-refractivity contribution is 5.95. The van der Waals surface area contributed by atoms with Crippen LogP contribution < -0.4 is 4.74 Å². The number of hydrogen-bond acceptors (Lipinski definition) is 4. The van der Waals surface area contributed by atoms with Crippen LogP contribution in [0.3, 0.4) is 0 Å². The maximum absolute atomic E-state index is 12.1. The molecule has 19 heavy (non-hydrogen) atoms. The van der Waals surface area contributed by atoms with Gasteiger partial charge in [0.15, 0.2) is 5.78 Å². The Hall–Kier alpha value is -2.23. The number of pyridine rings is 2. The number of carbonyl (C=O) groups excluding carboxylic acids is 1. The molecular weight excluding hydrogens is 240 g/mol. The van der Waals surface area contributed by atoms with Crippen molar-refractivity contribution in [1.29, 1.82) is 0 Å². The summed E-state index contributed by atoms with van der Waals surface area (Å²) in [5.74, 6) is 0.751. The van der Waals surface area contributed by atoms with Gasteiger partial charge in [-0.3, -0.25) is 14.8 Å². The molecule has 0 atom stereocenters. The van der Waals surface area contributed by atoms with Gasteiger partial charge in [-0.05, 0) is 26.0 Å². The Balaban J connectivity index is 2.27. The van der Waals surface area contributed by atoms with Gasteiger partial charge in [0.05, 0.1) is 19.2 Å². The molecule has 0 radical (unpaired) electrons. The molecule has 0 fully saturated rings. The van der Waals surface area contributed by atoms with Crippen LogP contribution in [0.5, 0.6) is 5.75 Å². The molecule has 0 bridgehead atoms. The lowest BCUT2D eigenvalue weighted by Gasteiger charge is -2.11. The number of nitrogens with zero attached hydrogens (tertiary/aromatic N) is 2. The molecular formula is C15H16N2O2. The number of hydrogen-bond donors (Lipinski definition) is 0. The first-order chi connectivity index (χ1) is 9.13. The Morgan fingerprint density at radius 1 is 1.26 bits per heavy atom. The van der Waals surface area contributed by atoms with Crippen molar-refractivity contribution in [3.05, 3.63) is 53.1 Å². The molecule has 0 unspecified atom stereocenters. The Morgan fingerprint density at radius 3 is 2.68 bits per heavy atom. The van der Waals surface area contributed by atoms with E-state index in [-0.39, 0.29) is 12.2 Å². The van der Waals surface area contributed by atoms with Crippen molar-refractivity contribution in [3.8, 4) is 5.75 Å². The third kappa shape index (κ3) is 2.78. The van der Waals surface area contributed by atoms with Crippen LogP contribution in [-0.2, 0) is 6.42 Å². The summed E-state index contributed by atoms with van der Waals surface area (Å²) in [7, 11) is 1.62. The van der Waals surface area contributed by atoms with Crippen molar-refractivity contribution >= 4 is 5.78 Å². The standard InChI is InChI=1S/C15H16N2O2/c1-10-9-17-13(11(2)15(10)19-3)8-14(18)12-6-4-5-7-16-12/h4-7,9H,8H2,1-3H3. The second-order valence-corrected chi connectivity index (χ2v) is 4.36. The first kappa shape index (κ1) is 13.2. The Morgan fingerprint density at radius 2 is 2.05 bits per heavy atom. The molecule has 0 spiro atoms. The smallest absolute Gasteiger partial charge is 0.187 e. The summed E-state index contributed by atoms with van der Waals surface area (Å²) in [6.07, 6.45) is 3.58. The van der Waals surface area contributed by atoms with E-state index in [1.165, 1.54) is 0 Å². The largest absolute Gasteiger partial charge is 0.496 e. The van der Waals surface area contributed by atoms with E-state index in [0.717, 1.165) is 22.6 Å². The fourth-order valence-corrected chi connectivity index (χ4v) is 2.02. The zero-order chi connectivity index (χ0) is 13.8. The Labute approximate surface area is 112 Å². The van der Waals surface area contributed by atoms with Gasteiger partial charge < -0.3 is 4.74 Å². The molecule has 0 aliphatic rings. The summed E-state index contributed by atoms with van der Waals surface area (Å²) in [5.41, 5.74) is 3.07. The molecule has 0 N–H and O–H groups in total. The van der Waals surface area contributed by atoms with E-state index >= 15 is 0 Å². The lowest BCUT2D eigenvalue weighted by atomic mass is 10.0. The summed E-state index contributed by atoms with van der Waals surface area (Å²) < 4.78 is 5.34. The average Bonchev–Trinajstić information content (AvgIpc) is 2.43. The van der Waals surface area contributed by atoms with Gasteiger partial charge in [-0.15, -0.1) is 0 Å². The van der Waals surface area contributed by atoms with Crippen LogP contribution >= 0.6 is 0 Å². The van der Waals surface area contributed by atoms with Crippen LogP contribution in [0.4, 0.5) is 0 Å². The summed E-state index contributed by atoms with van der Waals surface area (Å²) in [5, 5.41) is 0. The maximum atomic E-state index is 12.1. The van der Waals surface area contributed by atoms with Gasteiger partial charge in [0, 0.05) is 23.5 Å². The Bertz CT molecular complexity index is 595. The number of rotatable bonds is 4. The maximum Gasteiger partial charge on any atom is 0.187 e. The molecule has 2 aromatic rings. The molecule has 2 heterocycles. The van der Waals surface area contributed by atoms with E-state index in [0.29, 0.717) is 5.69 Å². The molecule has 4 heteroatoms. The van der Waals surface area contributed by atoms with Crippen LogP contribution in [0.1, 0.15) is 27.3 Å². The number of ketones is 1. The number of aryl methyl sites for hydroxylation is 1. The molecule has 0 saturated carbocycles. The van der Waals surface area contributed by atoms with Gasteiger partial charge in [0.2, 0.25) is 0 Å². The lowest BCUT2D eigenvalue weighted by Crippen LogP contribution is -2.09. The first-order valence-electron chi connectivity index (χ1n) is 6.06. The normalized spacial score (nSPS) is 10.3. The summed E-state index contributed by atoms with van der Waals surface area (Å²) in [6, 6.07) is 5.30. The molecule has 0 amide bonds. The summed E-state index contributed by atoms with van der Waals surface area (Å²) >= 11 is 0. The highest BCUT2D eigenvalue weighted by Crippen LogP contribution is 2.24. The topological polar surface area (TPSA) is 52.1 Å².